The molecule has 0 aliphatic rings. The molecule has 0 aliphatic carbocycles. The Morgan fingerprint density at radius 3 is 2.41 bits per heavy atom. The average Bonchev–Trinajstić information content (AvgIpc) is 2.65. The molecule has 0 bridgehead atoms. The van der Waals surface area contributed by atoms with Gasteiger partial charge in [-0.15, -0.1) is 0 Å². The minimum atomic E-state index is -3.75. The number of halogens is 1. The Labute approximate surface area is 156 Å². The summed E-state index contributed by atoms with van der Waals surface area (Å²) in [6.45, 7) is -0.562. The van der Waals surface area contributed by atoms with Gasteiger partial charge in [-0.25, -0.2) is 12.8 Å². The number of methoxy groups -OCH3 is 1. The second-order valence-corrected chi connectivity index (χ2v) is 7.54. The number of anilines is 1. The molecule has 0 aromatic heterocycles. The molecule has 0 aliphatic heterocycles. The van der Waals surface area contributed by atoms with Crippen LogP contribution in [0.3, 0.4) is 0 Å². The number of hydrogen-bond acceptors (Lipinski definition) is 6. The van der Waals surface area contributed by atoms with Crippen LogP contribution in [0.15, 0.2) is 53.4 Å². The van der Waals surface area contributed by atoms with Gasteiger partial charge >= 0.3 is 5.97 Å². The Kier molecular flexibility index (Phi) is 6.89. The maximum absolute atomic E-state index is 12.9. The summed E-state index contributed by atoms with van der Waals surface area (Å²) in [7, 11) is -2.30. The molecule has 0 saturated carbocycles. The zero-order valence-electron chi connectivity index (χ0n) is 14.5. The minimum absolute atomic E-state index is 0.0920. The van der Waals surface area contributed by atoms with Crippen LogP contribution >= 0.6 is 0 Å². The van der Waals surface area contributed by atoms with E-state index in [0.717, 1.165) is 24.3 Å². The van der Waals surface area contributed by atoms with Gasteiger partial charge in [0.1, 0.15) is 11.6 Å². The van der Waals surface area contributed by atoms with Crippen molar-refractivity contribution >= 4 is 27.4 Å². The third-order valence-corrected chi connectivity index (χ3v) is 5.22. The molecule has 0 atom stereocenters. The number of hydrogen-bond donors (Lipinski definition) is 1. The fourth-order valence-corrected chi connectivity index (χ4v) is 3.35. The number of carbonyl (C=O) groups excluding carboxylic acids is 2. The molecule has 27 heavy (non-hydrogen) atoms. The van der Waals surface area contributed by atoms with Gasteiger partial charge in [0.25, 0.3) is 5.91 Å². The molecule has 0 saturated heterocycles. The van der Waals surface area contributed by atoms with Crippen molar-refractivity contribution < 1.29 is 31.9 Å². The summed E-state index contributed by atoms with van der Waals surface area (Å²) >= 11 is 0. The van der Waals surface area contributed by atoms with E-state index in [9.17, 15) is 22.4 Å². The lowest BCUT2D eigenvalue weighted by Gasteiger charge is -2.10. The predicted octanol–water partition coefficient (Wildman–Crippen LogP) is 2.18. The predicted molar refractivity (Wildman–Crippen MR) is 95.7 cm³/mol. The van der Waals surface area contributed by atoms with E-state index >= 15 is 0 Å². The van der Waals surface area contributed by atoms with Gasteiger partial charge in [0.05, 0.1) is 29.9 Å². The third-order valence-electron chi connectivity index (χ3n) is 3.49. The van der Waals surface area contributed by atoms with E-state index in [2.05, 4.69) is 5.32 Å². The summed E-state index contributed by atoms with van der Waals surface area (Å²) in [6.07, 6.45) is -0.429. The van der Waals surface area contributed by atoms with Crippen LogP contribution < -0.4 is 10.1 Å². The van der Waals surface area contributed by atoms with Crippen molar-refractivity contribution in [1.82, 2.24) is 0 Å². The fourth-order valence-electron chi connectivity index (χ4n) is 2.13. The number of carbonyl (C=O) groups is 2. The van der Waals surface area contributed by atoms with Gasteiger partial charge in [-0.3, -0.25) is 9.59 Å². The van der Waals surface area contributed by atoms with Crippen LogP contribution in [0.1, 0.15) is 6.42 Å². The second-order valence-electron chi connectivity index (χ2n) is 5.43. The van der Waals surface area contributed by atoms with Crippen LogP contribution in [-0.4, -0.2) is 39.8 Å². The Morgan fingerprint density at radius 1 is 1.07 bits per heavy atom. The van der Waals surface area contributed by atoms with Crippen LogP contribution in [-0.2, 0) is 24.2 Å². The maximum Gasteiger partial charge on any atom is 0.307 e. The number of para-hydroxylation sites is 2. The second kappa shape index (κ2) is 9.13. The highest BCUT2D eigenvalue weighted by molar-refractivity contribution is 7.91. The van der Waals surface area contributed by atoms with Crippen molar-refractivity contribution in [3.8, 4) is 5.75 Å². The molecule has 0 radical (unpaired) electrons. The summed E-state index contributed by atoms with van der Waals surface area (Å²) < 4.78 is 46.9. The lowest BCUT2D eigenvalue weighted by Crippen LogP contribution is -2.22. The standard InChI is InChI=1S/C18H18FNO6S/c1-25-16-5-3-2-4-15(16)20-17(21)12-26-18(22)10-11-27(23,24)14-8-6-13(19)7-9-14/h2-9H,10-12H2,1H3,(H,20,21). The number of esters is 1. The zero-order chi connectivity index (χ0) is 19.9. The number of ether oxygens (including phenoxy) is 2. The quantitative estimate of drug-likeness (QED) is 0.543. The highest BCUT2D eigenvalue weighted by Gasteiger charge is 2.18. The Balaban J connectivity index is 1.82. The van der Waals surface area contributed by atoms with Gasteiger partial charge in [0, 0.05) is 0 Å². The number of benzene rings is 2. The van der Waals surface area contributed by atoms with E-state index in [1.165, 1.54) is 7.11 Å². The highest BCUT2D eigenvalue weighted by atomic mass is 32.2. The first kappa shape index (κ1) is 20.4. The molecule has 2 aromatic rings. The first-order valence-electron chi connectivity index (χ1n) is 7.88. The number of nitrogens with one attached hydrogen (secondary N) is 1. The van der Waals surface area contributed by atoms with Gasteiger partial charge in [-0.2, -0.15) is 0 Å². The Morgan fingerprint density at radius 2 is 1.74 bits per heavy atom. The zero-order valence-corrected chi connectivity index (χ0v) is 15.3. The fraction of sp³-hybridized carbons (Fsp3) is 0.222. The van der Waals surface area contributed by atoms with E-state index in [4.69, 9.17) is 9.47 Å². The molecule has 144 valence electrons. The SMILES string of the molecule is COc1ccccc1NC(=O)COC(=O)CCS(=O)(=O)c1ccc(F)cc1. The molecule has 0 heterocycles. The van der Waals surface area contributed by atoms with Crippen LogP contribution in [0.4, 0.5) is 10.1 Å². The van der Waals surface area contributed by atoms with E-state index in [1.807, 2.05) is 0 Å². The normalized spacial score (nSPS) is 10.9. The van der Waals surface area contributed by atoms with Crippen LogP contribution in [0, 0.1) is 5.82 Å². The van der Waals surface area contributed by atoms with Gasteiger partial charge in [0.2, 0.25) is 0 Å². The van der Waals surface area contributed by atoms with Crippen LogP contribution in [0.5, 0.6) is 5.75 Å². The first-order chi connectivity index (χ1) is 12.8. The first-order valence-corrected chi connectivity index (χ1v) is 9.54. The maximum atomic E-state index is 12.9. The summed E-state index contributed by atoms with van der Waals surface area (Å²) in [6, 6.07) is 11.0. The number of sulfone groups is 1. The lowest BCUT2D eigenvalue weighted by molar-refractivity contribution is -0.146. The van der Waals surface area contributed by atoms with Gasteiger partial charge in [-0.1, -0.05) is 12.1 Å². The molecular weight excluding hydrogens is 377 g/mol. The van der Waals surface area contributed by atoms with Crippen molar-refractivity contribution in [2.75, 3.05) is 24.8 Å². The van der Waals surface area contributed by atoms with Crippen molar-refractivity contribution in [2.24, 2.45) is 0 Å². The number of rotatable bonds is 8. The topological polar surface area (TPSA) is 98.8 Å². The third kappa shape index (κ3) is 6.07. The van der Waals surface area contributed by atoms with Crippen molar-refractivity contribution in [1.29, 1.82) is 0 Å². The molecule has 0 fully saturated rings. The van der Waals surface area contributed by atoms with E-state index in [0.29, 0.717) is 11.4 Å². The summed E-state index contributed by atoms with van der Waals surface area (Å²) in [4.78, 5) is 23.5. The molecule has 0 spiro atoms. The highest BCUT2D eigenvalue weighted by Crippen LogP contribution is 2.22. The summed E-state index contributed by atoms with van der Waals surface area (Å²) in [5, 5.41) is 2.53. The molecule has 7 nitrogen and oxygen atoms in total. The Bertz CT molecular complexity index is 912. The number of amides is 1. The van der Waals surface area contributed by atoms with E-state index in [1.54, 1.807) is 24.3 Å². The van der Waals surface area contributed by atoms with Crippen molar-refractivity contribution in [2.45, 2.75) is 11.3 Å². The molecule has 1 N–H and O–H groups in total. The van der Waals surface area contributed by atoms with Crippen molar-refractivity contribution in [3.63, 3.8) is 0 Å². The van der Waals surface area contributed by atoms with E-state index < -0.39 is 46.3 Å². The summed E-state index contributed by atoms with van der Waals surface area (Å²) in [5.41, 5.74) is 0.417. The lowest BCUT2D eigenvalue weighted by atomic mass is 10.3. The van der Waals surface area contributed by atoms with Gasteiger partial charge < -0.3 is 14.8 Å². The molecule has 9 heteroatoms. The van der Waals surface area contributed by atoms with Gasteiger partial charge in [0.15, 0.2) is 16.4 Å². The molecular formula is C18H18FNO6S. The molecule has 1 amide bonds. The van der Waals surface area contributed by atoms with Gasteiger partial charge in [-0.05, 0) is 36.4 Å². The molecule has 0 unspecified atom stereocenters. The monoisotopic (exact) mass is 395 g/mol. The largest absolute Gasteiger partial charge is 0.495 e. The molecule has 2 aromatic carbocycles. The Hall–Kier alpha value is -2.94. The molecule has 2 rings (SSSR count). The minimum Gasteiger partial charge on any atom is -0.495 e. The summed E-state index contributed by atoms with van der Waals surface area (Å²) in [5.74, 6) is -2.05. The van der Waals surface area contributed by atoms with E-state index in [-0.39, 0.29) is 4.90 Å². The van der Waals surface area contributed by atoms with Crippen molar-refractivity contribution in [3.05, 3.63) is 54.3 Å². The van der Waals surface area contributed by atoms with Crippen LogP contribution in [0.2, 0.25) is 0 Å². The smallest absolute Gasteiger partial charge is 0.307 e. The van der Waals surface area contributed by atoms with Crippen LogP contribution in [0.25, 0.3) is 0 Å². The average molecular weight is 395 g/mol.